The van der Waals surface area contributed by atoms with Gasteiger partial charge < -0.3 is 15.3 Å². The van der Waals surface area contributed by atoms with Crippen LogP contribution in [-0.4, -0.2) is 49.6 Å². The van der Waals surface area contributed by atoms with Gasteiger partial charge >= 0.3 is 0 Å². The molecule has 1 atom stereocenters. The SMILES string of the molecule is CC1(S(=O)(=O)O)CC(=O)c2ccccc2C1=O.Cc1nc(C)c(O)c(O)c1O. The van der Waals surface area contributed by atoms with E-state index in [4.69, 9.17) is 19.9 Å². The Morgan fingerprint density at radius 2 is 1.39 bits per heavy atom. The van der Waals surface area contributed by atoms with E-state index >= 15 is 0 Å². The van der Waals surface area contributed by atoms with E-state index in [0.717, 1.165) is 6.92 Å². The number of aryl methyl sites for hydroxylation is 2. The maximum atomic E-state index is 12.0. The van der Waals surface area contributed by atoms with Gasteiger partial charge in [0, 0.05) is 17.5 Å². The highest BCUT2D eigenvalue weighted by molar-refractivity contribution is 7.88. The molecule has 0 fully saturated rings. The van der Waals surface area contributed by atoms with Gasteiger partial charge in [-0.1, -0.05) is 24.3 Å². The van der Waals surface area contributed by atoms with Gasteiger partial charge in [0.15, 0.2) is 27.8 Å². The summed E-state index contributed by atoms with van der Waals surface area (Å²) < 4.78 is 29.6. The van der Waals surface area contributed by atoms with Gasteiger partial charge in [0.2, 0.25) is 5.75 Å². The first kappa shape index (κ1) is 21.3. The molecule has 4 N–H and O–H groups in total. The molecule has 0 aliphatic heterocycles. The highest BCUT2D eigenvalue weighted by atomic mass is 32.2. The minimum atomic E-state index is -4.62. The molecule has 0 spiro atoms. The van der Waals surface area contributed by atoms with E-state index in [9.17, 15) is 18.0 Å². The van der Waals surface area contributed by atoms with Crippen molar-refractivity contribution in [1.29, 1.82) is 0 Å². The van der Waals surface area contributed by atoms with Gasteiger partial charge in [0.25, 0.3) is 10.1 Å². The van der Waals surface area contributed by atoms with Gasteiger partial charge in [-0.2, -0.15) is 8.42 Å². The molecule has 10 heteroatoms. The number of ketones is 2. The lowest BCUT2D eigenvalue weighted by Gasteiger charge is -2.29. The highest BCUT2D eigenvalue weighted by Crippen LogP contribution is 2.37. The molecule has 0 saturated heterocycles. The van der Waals surface area contributed by atoms with E-state index in [2.05, 4.69) is 4.98 Å². The van der Waals surface area contributed by atoms with E-state index in [1.165, 1.54) is 12.1 Å². The van der Waals surface area contributed by atoms with Crippen molar-refractivity contribution < 1.29 is 37.9 Å². The molecule has 1 aliphatic rings. The number of Topliss-reactive ketones (excluding diaryl/α,β-unsaturated/α-hetero) is 2. The third kappa shape index (κ3) is 3.56. The van der Waals surface area contributed by atoms with Gasteiger partial charge in [0.1, 0.15) is 0 Å². The third-order valence-corrected chi connectivity index (χ3v) is 5.96. The minimum Gasteiger partial charge on any atom is -0.503 e. The van der Waals surface area contributed by atoms with Crippen molar-refractivity contribution in [2.75, 3.05) is 0 Å². The number of hydrogen-bond acceptors (Lipinski definition) is 8. The smallest absolute Gasteiger partial charge is 0.278 e. The molecule has 0 amide bonds. The van der Waals surface area contributed by atoms with Crippen LogP contribution in [0.4, 0.5) is 0 Å². The Kier molecular flexibility index (Phi) is 5.49. The van der Waals surface area contributed by atoms with Crippen LogP contribution in [0.15, 0.2) is 24.3 Å². The zero-order valence-corrected chi connectivity index (χ0v) is 16.1. The molecular formula is C18H19NO8S. The van der Waals surface area contributed by atoms with E-state index in [1.807, 2.05) is 0 Å². The second-order valence-electron chi connectivity index (χ2n) is 6.51. The summed E-state index contributed by atoms with van der Waals surface area (Å²) in [4.78, 5) is 27.6. The third-order valence-electron chi connectivity index (χ3n) is 4.49. The Balaban J connectivity index is 0.000000221. The minimum absolute atomic E-state index is 0.0453. The molecule has 9 nitrogen and oxygen atoms in total. The Labute approximate surface area is 161 Å². The first-order valence-electron chi connectivity index (χ1n) is 8.03. The van der Waals surface area contributed by atoms with Crippen LogP contribution in [0.25, 0.3) is 0 Å². The number of pyridine rings is 1. The lowest BCUT2D eigenvalue weighted by atomic mass is 9.82. The summed E-state index contributed by atoms with van der Waals surface area (Å²) in [6.07, 6.45) is -0.526. The molecular weight excluding hydrogens is 390 g/mol. The number of benzene rings is 1. The number of fused-ring (bicyclic) bond motifs is 1. The number of aromatic hydroxyl groups is 3. The van der Waals surface area contributed by atoms with Gasteiger partial charge in [-0.25, -0.2) is 0 Å². The summed E-state index contributed by atoms with van der Waals surface area (Å²) in [6.45, 7) is 4.15. The second kappa shape index (κ2) is 7.21. The van der Waals surface area contributed by atoms with Crippen molar-refractivity contribution in [3.05, 3.63) is 46.8 Å². The van der Waals surface area contributed by atoms with Gasteiger partial charge in [0.05, 0.1) is 11.4 Å². The summed E-state index contributed by atoms with van der Waals surface area (Å²) >= 11 is 0. The van der Waals surface area contributed by atoms with Crippen LogP contribution in [0, 0.1) is 13.8 Å². The largest absolute Gasteiger partial charge is 0.503 e. The van der Waals surface area contributed by atoms with E-state index in [-0.39, 0.29) is 22.6 Å². The average molecular weight is 409 g/mol. The van der Waals surface area contributed by atoms with Gasteiger partial charge in [-0.05, 0) is 20.8 Å². The fraction of sp³-hybridized carbons (Fsp3) is 0.278. The van der Waals surface area contributed by atoms with Gasteiger partial charge in [-0.15, -0.1) is 0 Å². The summed E-state index contributed by atoms with van der Waals surface area (Å²) in [5.41, 5.74) is 0.859. The zero-order chi connectivity index (χ0) is 21.4. The Morgan fingerprint density at radius 3 is 1.86 bits per heavy atom. The van der Waals surface area contributed by atoms with Crippen molar-refractivity contribution in [1.82, 2.24) is 4.98 Å². The van der Waals surface area contributed by atoms with E-state index in [1.54, 1.807) is 26.0 Å². The Morgan fingerprint density at radius 1 is 0.929 bits per heavy atom. The molecule has 150 valence electrons. The van der Waals surface area contributed by atoms with E-state index < -0.39 is 38.6 Å². The van der Waals surface area contributed by atoms with Crippen LogP contribution in [0.1, 0.15) is 45.4 Å². The van der Waals surface area contributed by atoms with Crippen molar-refractivity contribution in [3.63, 3.8) is 0 Å². The quantitative estimate of drug-likeness (QED) is 0.515. The monoisotopic (exact) mass is 409 g/mol. The predicted octanol–water partition coefficient (Wildman–Crippen LogP) is 1.92. The molecule has 1 heterocycles. The summed E-state index contributed by atoms with van der Waals surface area (Å²) in [5, 5.41) is 27.1. The first-order valence-corrected chi connectivity index (χ1v) is 9.47. The number of hydrogen-bond donors (Lipinski definition) is 4. The lowest BCUT2D eigenvalue weighted by Crippen LogP contribution is -2.48. The Bertz CT molecular complexity index is 1050. The molecule has 1 unspecified atom stereocenters. The molecule has 1 aromatic carbocycles. The second-order valence-corrected chi connectivity index (χ2v) is 8.36. The van der Waals surface area contributed by atoms with Crippen LogP contribution >= 0.6 is 0 Å². The van der Waals surface area contributed by atoms with Gasteiger partial charge in [-0.3, -0.25) is 19.1 Å². The normalized spacial score (nSPS) is 18.9. The van der Waals surface area contributed by atoms with Crippen LogP contribution < -0.4 is 0 Å². The predicted molar refractivity (Wildman–Crippen MR) is 98.4 cm³/mol. The number of carbonyl (C=O) groups is 2. The summed E-state index contributed by atoms with van der Waals surface area (Å²) in [6, 6.07) is 6.00. The fourth-order valence-corrected chi connectivity index (χ4v) is 3.37. The maximum absolute atomic E-state index is 12.0. The molecule has 1 aliphatic carbocycles. The number of nitrogens with zero attached hydrogens (tertiary/aromatic N) is 1. The lowest BCUT2D eigenvalue weighted by molar-refractivity contribution is 0.0846. The molecule has 3 rings (SSSR count). The van der Waals surface area contributed by atoms with Crippen molar-refractivity contribution in [2.45, 2.75) is 31.9 Å². The van der Waals surface area contributed by atoms with Crippen LogP contribution in [0.2, 0.25) is 0 Å². The van der Waals surface area contributed by atoms with Crippen molar-refractivity contribution in [3.8, 4) is 17.2 Å². The van der Waals surface area contributed by atoms with Crippen molar-refractivity contribution in [2.24, 2.45) is 0 Å². The molecule has 2 aromatic rings. The van der Waals surface area contributed by atoms with Crippen molar-refractivity contribution >= 4 is 21.7 Å². The zero-order valence-electron chi connectivity index (χ0n) is 15.3. The summed E-state index contributed by atoms with van der Waals surface area (Å²) in [5.74, 6) is -2.44. The van der Waals surface area contributed by atoms with Crippen LogP contribution in [-0.2, 0) is 10.1 Å². The standard InChI is InChI=1S/C11H10O5S.C7H9NO3/c1-11(17(14,15)16)6-9(12)7-4-2-3-5-8(7)10(11)13;1-3-5(9)7(11)6(10)4(2)8-3/h2-5H,6H2,1H3,(H,14,15,16);9-10H,1-2H3,(H,8,11). The summed E-state index contributed by atoms with van der Waals surface area (Å²) in [7, 11) is -4.62. The topological polar surface area (TPSA) is 162 Å². The number of carbonyl (C=O) groups excluding carboxylic acids is 2. The molecule has 0 saturated carbocycles. The molecule has 28 heavy (non-hydrogen) atoms. The van der Waals surface area contributed by atoms with Crippen LogP contribution in [0.3, 0.4) is 0 Å². The maximum Gasteiger partial charge on any atom is 0.278 e. The first-order chi connectivity index (χ1) is 12.8. The number of rotatable bonds is 1. The molecule has 1 aromatic heterocycles. The average Bonchev–Trinajstić information content (AvgIpc) is 2.62. The molecule has 0 radical (unpaired) electrons. The molecule has 0 bridgehead atoms. The fourth-order valence-electron chi connectivity index (χ4n) is 2.71. The van der Waals surface area contributed by atoms with Crippen LogP contribution in [0.5, 0.6) is 17.2 Å². The Hall–Kier alpha value is -2.98. The number of aromatic nitrogens is 1. The highest BCUT2D eigenvalue weighted by Gasteiger charge is 2.51. The van der Waals surface area contributed by atoms with E-state index in [0.29, 0.717) is 11.4 Å².